The molecule has 2 aliphatic rings. The maximum absolute atomic E-state index is 12.5. The Hall–Kier alpha value is -2.91. The maximum Gasteiger partial charge on any atom is 0.323 e. The monoisotopic (exact) mass is 355 g/mol. The van der Waals surface area contributed by atoms with Crippen molar-refractivity contribution in [2.45, 2.75) is 18.5 Å². The number of ether oxygens (including phenoxy) is 1. The smallest absolute Gasteiger partial charge is 0.323 e. The van der Waals surface area contributed by atoms with Crippen molar-refractivity contribution >= 4 is 5.97 Å². The van der Waals surface area contributed by atoms with Crippen molar-refractivity contribution in [3.63, 3.8) is 0 Å². The van der Waals surface area contributed by atoms with Crippen LogP contribution in [0.5, 0.6) is 0 Å². The van der Waals surface area contributed by atoms with Crippen molar-refractivity contribution in [1.29, 1.82) is 0 Å². The topological polar surface area (TPSA) is 38.3 Å². The number of rotatable bonds is 3. The van der Waals surface area contributed by atoms with Crippen LogP contribution in [-0.4, -0.2) is 18.6 Å². The molecule has 5 rings (SSSR count). The van der Waals surface area contributed by atoms with E-state index in [0.717, 1.165) is 5.56 Å². The quantitative estimate of drug-likeness (QED) is 0.719. The minimum atomic E-state index is -0.573. The molecule has 0 amide bonds. The van der Waals surface area contributed by atoms with Gasteiger partial charge in [0.05, 0.1) is 12.1 Å². The molecule has 0 spiro atoms. The molecule has 3 aromatic rings. The lowest BCUT2D eigenvalue weighted by Crippen LogP contribution is -2.52. The zero-order valence-corrected chi connectivity index (χ0v) is 15.2. The van der Waals surface area contributed by atoms with Gasteiger partial charge in [-0.15, -0.1) is 0 Å². The highest BCUT2D eigenvalue weighted by atomic mass is 16.5. The molecule has 0 unspecified atom stereocenters. The second kappa shape index (κ2) is 6.07. The Morgan fingerprint density at radius 3 is 1.96 bits per heavy atom. The zero-order valence-electron chi connectivity index (χ0n) is 15.2. The van der Waals surface area contributed by atoms with Gasteiger partial charge in [0.1, 0.15) is 6.04 Å². The third kappa shape index (κ3) is 2.28. The minimum Gasteiger partial charge on any atom is -0.464 e. The summed E-state index contributed by atoms with van der Waals surface area (Å²) in [5.41, 5.74) is 5.35. The van der Waals surface area contributed by atoms with E-state index >= 15 is 0 Å². The number of fused-ring (bicyclic) bond motifs is 3. The molecule has 1 saturated heterocycles. The number of nitrogens with one attached hydrogen (secondary N) is 1. The molecule has 1 aliphatic heterocycles. The third-order valence-electron chi connectivity index (χ3n) is 5.84. The number of benzene rings is 3. The number of carbonyl (C=O) groups is 1. The molecule has 2 atom stereocenters. The molecule has 134 valence electrons. The second-order valence-corrected chi connectivity index (χ2v) is 7.44. The predicted octanol–water partition coefficient (Wildman–Crippen LogP) is 4.11. The van der Waals surface area contributed by atoms with Crippen molar-refractivity contribution in [1.82, 2.24) is 5.32 Å². The summed E-state index contributed by atoms with van der Waals surface area (Å²) in [4.78, 5) is 12.5. The molecule has 3 heteroatoms. The number of cyclic esters (lactones) is 1. The summed E-state index contributed by atoms with van der Waals surface area (Å²) >= 11 is 0. The van der Waals surface area contributed by atoms with E-state index in [9.17, 15) is 4.79 Å². The van der Waals surface area contributed by atoms with E-state index in [1.807, 2.05) is 6.07 Å². The van der Waals surface area contributed by atoms with Gasteiger partial charge in [-0.2, -0.15) is 0 Å². The largest absolute Gasteiger partial charge is 0.464 e. The molecule has 27 heavy (non-hydrogen) atoms. The SMILES string of the molecule is C[C@H]1COC(=O)[C@H]1NC1(c2ccccc2)c2ccccc2-c2ccccc21. The molecule has 3 nitrogen and oxygen atoms in total. The summed E-state index contributed by atoms with van der Waals surface area (Å²) in [5.74, 6) is -0.0438. The van der Waals surface area contributed by atoms with Crippen LogP contribution in [0, 0.1) is 5.92 Å². The zero-order chi connectivity index (χ0) is 18.4. The van der Waals surface area contributed by atoms with Gasteiger partial charge in [0.25, 0.3) is 0 Å². The average Bonchev–Trinajstić information content (AvgIpc) is 3.19. The van der Waals surface area contributed by atoms with Crippen molar-refractivity contribution in [3.8, 4) is 11.1 Å². The molecular weight excluding hydrogens is 334 g/mol. The number of hydrogen-bond donors (Lipinski definition) is 1. The van der Waals surface area contributed by atoms with E-state index in [1.54, 1.807) is 0 Å². The van der Waals surface area contributed by atoms with E-state index in [4.69, 9.17) is 4.74 Å². The fourth-order valence-corrected chi connectivity index (χ4v) is 4.54. The predicted molar refractivity (Wildman–Crippen MR) is 105 cm³/mol. The summed E-state index contributed by atoms with van der Waals surface area (Å²) in [7, 11) is 0. The molecule has 0 bridgehead atoms. The number of hydrogen-bond acceptors (Lipinski definition) is 3. The summed E-state index contributed by atoms with van der Waals surface area (Å²) in [6.45, 7) is 2.53. The van der Waals surface area contributed by atoms with E-state index in [0.29, 0.717) is 6.61 Å². The molecule has 0 radical (unpaired) electrons. The van der Waals surface area contributed by atoms with E-state index in [2.05, 4.69) is 85.0 Å². The van der Waals surface area contributed by atoms with Crippen LogP contribution in [0.25, 0.3) is 11.1 Å². The Bertz CT molecular complexity index is 966. The first-order chi connectivity index (χ1) is 13.2. The van der Waals surface area contributed by atoms with Gasteiger partial charge in [0, 0.05) is 5.92 Å². The lowest BCUT2D eigenvalue weighted by atomic mass is 9.79. The third-order valence-corrected chi connectivity index (χ3v) is 5.84. The average molecular weight is 355 g/mol. The second-order valence-electron chi connectivity index (χ2n) is 7.44. The molecule has 1 N–H and O–H groups in total. The van der Waals surface area contributed by atoms with Crippen LogP contribution in [-0.2, 0) is 15.1 Å². The highest BCUT2D eigenvalue weighted by Crippen LogP contribution is 2.51. The van der Waals surface area contributed by atoms with Crippen molar-refractivity contribution in [3.05, 3.63) is 95.6 Å². The summed E-state index contributed by atoms with van der Waals surface area (Å²) in [6.07, 6.45) is 0. The van der Waals surface area contributed by atoms with E-state index < -0.39 is 5.54 Å². The van der Waals surface area contributed by atoms with Crippen LogP contribution < -0.4 is 5.32 Å². The van der Waals surface area contributed by atoms with Crippen LogP contribution in [0.1, 0.15) is 23.6 Å². The summed E-state index contributed by atoms with van der Waals surface area (Å²) in [6, 6.07) is 27.0. The molecule has 1 fully saturated rings. The molecule has 3 aromatic carbocycles. The molecular formula is C24H21NO2. The van der Waals surface area contributed by atoms with E-state index in [-0.39, 0.29) is 17.9 Å². The van der Waals surface area contributed by atoms with Crippen LogP contribution in [0.15, 0.2) is 78.9 Å². The van der Waals surface area contributed by atoms with Crippen LogP contribution in [0.4, 0.5) is 0 Å². The van der Waals surface area contributed by atoms with Gasteiger partial charge in [-0.05, 0) is 27.8 Å². The van der Waals surface area contributed by atoms with Crippen molar-refractivity contribution in [2.75, 3.05) is 6.61 Å². The number of carbonyl (C=O) groups excluding carboxylic acids is 1. The van der Waals surface area contributed by atoms with Gasteiger partial charge in [-0.1, -0.05) is 85.8 Å². The van der Waals surface area contributed by atoms with Gasteiger partial charge in [0.2, 0.25) is 0 Å². The van der Waals surface area contributed by atoms with Crippen LogP contribution in [0.3, 0.4) is 0 Å². The van der Waals surface area contributed by atoms with Crippen LogP contribution >= 0.6 is 0 Å². The molecule has 1 aliphatic carbocycles. The van der Waals surface area contributed by atoms with E-state index in [1.165, 1.54) is 22.3 Å². The van der Waals surface area contributed by atoms with Crippen molar-refractivity contribution in [2.24, 2.45) is 5.92 Å². The standard InChI is InChI=1S/C24H21NO2/c1-16-15-27-23(26)22(16)25-24(17-9-3-2-4-10-17)20-13-7-5-11-18(20)19-12-6-8-14-21(19)24/h2-14,16,22,25H,15H2,1H3/t16-,22-/m0/s1. The Labute approximate surface area is 159 Å². The first kappa shape index (κ1) is 16.3. The maximum atomic E-state index is 12.5. The molecule has 0 saturated carbocycles. The van der Waals surface area contributed by atoms with Gasteiger partial charge in [-0.25, -0.2) is 0 Å². The Morgan fingerprint density at radius 1 is 0.852 bits per heavy atom. The summed E-state index contributed by atoms with van der Waals surface area (Å²) in [5, 5.41) is 3.74. The normalized spacial score (nSPS) is 22.2. The van der Waals surface area contributed by atoms with Crippen molar-refractivity contribution < 1.29 is 9.53 Å². The number of esters is 1. The highest BCUT2D eigenvalue weighted by Gasteiger charge is 2.48. The first-order valence-corrected chi connectivity index (χ1v) is 9.41. The van der Waals surface area contributed by atoms with Gasteiger partial charge >= 0.3 is 5.97 Å². The highest BCUT2D eigenvalue weighted by molar-refractivity contribution is 5.84. The Balaban J connectivity index is 1.80. The van der Waals surface area contributed by atoms with Gasteiger partial charge < -0.3 is 4.74 Å². The lowest BCUT2D eigenvalue weighted by Gasteiger charge is -2.36. The molecule has 1 heterocycles. The van der Waals surface area contributed by atoms with Gasteiger partial charge in [-0.3, -0.25) is 10.1 Å². The van der Waals surface area contributed by atoms with Crippen LogP contribution in [0.2, 0.25) is 0 Å². The fourth-order valence-electron chi connectivity index (χ4n) is 4.54. The van der Waals surface area contributed by atoms with Gasteiger partial charge in [0.15, 0.2) is 0 Å². The fraction of sp³-hybridized carbons (Fsp3) is 0.208. The minimum absolute atomic E-state index is 0.123. The summed E-state index contributed by atoms with van der Waals surface area (Å²) < 4.78 is 5.34. The first-order valence-electron chi connectivity index (χ1n) is 9.41. The Kier molecular flexibility index (Phi) is 3.66. The molecule has 0 aromatic heterocycles. The lowest BCUT2D eigenvalue weighted by molar-refractivity contribution is -0.140. The Morgan fingerprint density at radius 2 is 1.41 bits per heavy atom.